The van der Waals surface area contributed by atoms with Gasteiger partial charge in [0.15, 0.2) is 0 Å². The Morgan fingerprint density at radius 2 is 2.00 bits per heavy atom. The van der Waals surface area contributed by atoms with Gasteiger partial charge in [-0.25, -0.2) is 0 Å². The van der Waals surface area contributed by atoms with E-state index in [1.54, 1.807) is 0 Å². The van der Waals surface area contributed by atoms with Gasteiger partial charge in [0.25, 0.3) is 0 Å². The molecule has 0 radical (unpaired) electrons. The van der Waals surface area contributed by atoms with Crippen molar-refractivity contribution in [3.8, 4) is 0 Å². The largest absolute Gasteiger partial charge is 0.380 e. The van der Waals surface area contributed by atoms with Crippen molar-refractivity contribution in [2.75, 3.05) is 46.9 Å². The van der Waals surface area contributed by atoms with Gasteiger partial charge < -0.3 is 15.0 Å². The second-order valence-corrected chi connectivity index (χ2v) is 3.87. The van der Waals surface area contributed by atoms with Crippen molar-refractivity contribution in [2.45, 2.75) is 13.3 Å². The van der Waals surface area contributed by atoms with Gasteiger partial charge in [0.1, 0.15) is 0 Å². The van der Waals surface area contributed by atoms with E-state index in [4.69, 9.17) is 4.74 Å². The molecule has 0 heterocycles. The number of hydrogen-bond donors (Lipinski definition) is 1. The quantitative estimate of drug-likeness (QED) is 0.446. The highest BCUT2D eigenvalue weighted by Gasteiger charge is 1.91. The van der Waals surface area contributed by atoms with E-state index in [-0.39, 0.29) is 0 Å². The Morgan fingerprint density at radius 1 is 1.29 bits per heavy atom. The van der Waals surface area contributed by atoms with Gasteiger partial charge in [0.05, 0.1) is 13.2 Å². The van der Waals surface area contributed by atoms with Crippen molar-refractivity contribution in [3.05, 3.63) is 12.2 Å². The molecule has 84 valence electrons. The second-order valence-electron chi connectivity index (χ2n) is 3.87. The van der Waals surface area contributed by atoms with Gasteiger partial charge in [0.2, 0.25) is 0 Å². The van der Waals surface area contributed by atoms with Crippen LogP contribution in [-0.4, -0.2) is 51.8 Å². The summed E-state index contributed by atoms with van der Waals surface area (Å²) in [6.07, 6.45) is 0.970. The molecule has 1 N–H and O–H groups in total. The Morgan fingerprint density at radius 3 is 2.57 bits per heavy atom. The highest BCUT2D eigenvalue weighted by molar-refractivity contribution is 4.86. The first-order valence-electron chi connectivity index (χ1n) is 5.20. The molecule has 0 unspecified atom stereocenters. The average Bonchev–Trinajstić information content (AvgIpc) is 2.08. The molecule has 0 amide bonds. The van der Waals surface area contributed by atoms with Crippen LogP contribution in [0.5, 0.6) is 0 Å². The molecule has 0 aliphatic carbocycles. The zero-order valence-electron chi connectivity index (χ0n) is 9.81. The van der Waals surface area contributed by atoms with Gasteiger partial charge in [-0.2, -0.15) is 0 Å². The summed E-state index contributed by atoms with van der Waals surface area (Å²) in [4.78, 5) is 2.16. The number of ether oxygens (including phenoxy) is 1. The smallest absolute Gasteiger partial charge is 0.0591 e. The lowest BCUT2D eigenvalue weighted by molar-refractivity contribution is 0.138. The molecule has 0 aromatic carbocycles. The molecule has 0 aliphatic heterocycles. The summed E-state index contributed by atoms with van der Waals surface area (Å²) < 4.78 is 5.41. The van der Waals surface area contributed by atoms with E-state index in [0.29, 0.717) is 0 Å². The third kappa shape index (κ3) is 11.6. The van der Waals surface area contributed by atoms with E-state index in [9.17, 15) is 0 Å². The lowest BCUT2D eigenvalue weighted by atomic mass is 10.3. The van der Waals surface area contributed by atoms with Crippen LogP contribution in [0.4, 0.5) is 0 Å². The minimum Gasteiger partial charge on any atom is -0.380 e. The Bertz CT molecular complexity index is 146. The zero-order valence-corrected chi connectivity index (χ0v) is 9.81. The average molecular weight is 200 g/mol. The molecule has 0 aliphatic rings. The monoisotopic (exact) mass is 200 g/mol. The topological polar surface area (TPSA) is 24.5 Å². The molecule has 3 nitrogen and oxygen atoms in total. The van der Waals surface area contributed by atoms with Crippen LogP contribution in [0.25, 0.3) is 0 Å². The van der Waals surface area contributed by atoms with E-state index in [1.165, 1.54) is 5.57 Å². The maximum atomic E-state index is 5.41. The van der Waals surface area contributed by atoms with E-state index in [1.807, 2.05) is 6.92 Å². The van der Waals surface area contributed by atoms with Gasteiger partial charge in [-0.15, -0.1) is 6.58 Å². The first kappa shape index (κ1) is 13.6. The van der Waals surface area contributed by atoms with Gasteiger partial charge in [-0.1, -0.05) is 5.57 Å². The fraction of sp³-hybridized carbons (Fsp3) is 0.818. The highest BCUT2D eigenvalue weighted by Crippen LogP contribution is 1.94. The fourth-order valence-electron chi connectivity index (χ4n) is 0.920. The predicted octanol–water partition coefficient (Wildman–Crippen LogP) is 1.12. The van der Waals surface area contributed by atoms with Crippen molar-refractivity contribution < 1.29 is 4.74 Å². The Hall–Kier alpha value is -0.380. The summed E-state index contributed by atoms with van der Waals surface area (Å²) >= 11 is 0. The Balaban J connectivity index is 2.96. The minimum atomic E-state index is 0.792. The first-order chi connectivity index (χ1) is 6.63. The molecule has 0 fully saturated rings. The Kier molecular flexibility index (Phi) is 8.94. The lowest BCUT2D eigenvalue weighted by Gasteiger charge is -2.10. The summed E-state index contributed by atoms with van der Waals surface area (Å²) in [5.41, 5.74) is 1.19. The summed E-state index contributed by atoms with van der Waals surface area (Å²) in [6.45, 7) is 10.5. The second kappa shape index (κ2) is 9.19. The van der Waals surface area contributed by atoms with E-state index >= 15 is 0 Å². The Labute approximate surface area is 88.1 Å². The molecule has 0 aromatic rings. The van der Waals surface area contributed by atoms with Crippen LogP contribution in [0.2, 0.25) is 0 Å². The zero-order chi connectivity index (χ0) is 10.8. The van der Waals surface area contributed by atoms with Crippen molar-refractivity contribution in [3.63, 3.8) is 0 Å². The third-order valence-electron chi connectivity index (χ3n) is 1.83. The molecule has 0 bridgehead atoms. The molecule has 0 aromatic heterocycles. The normalized spacial score (nSPS) is 10.9. The molecular formula is C11H24N2O. The first-order valence-corrected chi connectivity index (χ1v) is 5.20. The van der Waals surface area contributed by atoms with Crippen LogP contribution in [0.15, 0.2) is 12.2 Å². The summed E-state index contributed by atoms with van der Waals surface area (Å²) in [6, 6.07) is 0. The molecule has 0 saturated heterocycles. The predicted molar refractivity (Wildman–Crippen MR) is 61.7 cm³/mol. The van der Waals surface area contributed by atoms with Crippen LogP contribution >= 0.6 is 0 Å². The van der Waals surface area contributed by atoms with Gasteiger partial charge >= 0.3 is 0 Å². The van der Waals surface area contributed by atoms with Crippen molar-refractivity contribution >= 4 is 0 Å². The van der Waals surface area contributed by atoms with Gasteiger partial charge in [0, 0.05) is 19.6 Å². The molecule has 0 spiro atoms. The maximum absolute atomic E-state index is 5.41. The molecule has 3 heteroatoms. The molecule has 14 heavy (non-hydrogen) atoms. The lowest BCUT2D eigenvalue weighted by Crippen LogP contribution is -2.29. The number of nitrogens with one attached hydrogen (secondary N) is 1. The summed E-state index contributed by atoms with van der Waals surface area (Å²) in [5, 5.41) is 3.32. The van der Waals surface area contributed by atoms with E-state index in [0.717, 1.165) is 39.3 Å². The van der Waals surface area contributed by atoms with Crippen molar-refractivity contribution in [1.82, 2.24) is 10.2 Å². The van der Waals surface area contributed by atoms with Crippen LogP contribution in [0.1, 0.15) is 13.3 Å². The van der Waals surface area contributed by atoms with Crippen molar-refractivity contribution in [1.29, 1.82) is 0 Å². The summed E-state index contributed by atoms with van der Waals surface area (Å²) in [7, 11) is 4.15. The number of nitrogens with zero attached hydrogens (tertiary/aromatic N) is 1. The number of hydrogen-bond acceptors (Lipinski definition) is 3. The van der Waals surface area contributed by atoms with E-state index in [2.05, 4.69) is 30.9 Å². The third-order valence-corrected chi connectivity index (χ3v) is 1.83. The molecule has 0 rings (SSSR count). The summed E-state index contributed by atoms with van der Waals surface area (Å²) in [5.74, 6) is 0. The highest BCUT2D eigenvalue weighted by atomic mass is 16.5. The number of rotatable bonds is 9. The van der Waals surface area contributed by atoms with E-state index < -0.39 is 0 Å². The maximum Gasteiger partial charge on any atom is 0.0591 e. The van der Waals surface area contributed by atoms with Crippen LogP contribution in [-0.2, 0) is 4.74 Å². The van der Waals surface area contributed by atoms with Gasteiger partial charge in [-0.3, -0.25) is 0 Å². The molecular weight excluding hydrogens is 176 g/mol. The molecule has 0 saturated carbocycles. The standard InChI is InChI=1S/C11H24N2O/c1-11(2)5-9-14-10-7-12-6-8-13(3)4/h12H,1,5-10H2,2-4H3. The van der Waals surface area contributed by atoms with Gasteiger partial charge in [-0.05, 0) is 27.4 Å². The van der Waals surface area contributed by atoms with Crippen LogP contribution < -0.4 is 5.32 Å². The van der Waals surface area contributed by atoms with Crippen LogP contribution in [0, 0.1) is 0 Å². The number of likely N-dealkylation sites (N-methyl/N-ethyl adjacent to an activating group) is 1. The minimum absolute atomic E-state index is 0.792. The van der Waals surface area contributed by atoms with Crippen LogP contribution in [0.3, 0.4) is 0 Å². The SMILES string of the molecule is C=C(C)CCOCCNCCN(C)C. The molecule has 0 atom stereocenters. The van der Waals surface area contributed by atoms with Crippen molar-refractivity contribution in [2.24, 2.45) is 0 Å². The fourth-order valence-corrected chi connectivity index (χ4v) is 0.920.